The van der Waals surface area contributed by atoms with Gasteiger partial charge in [-0.25, -0.2) is 0 Å². The maximum Gasteiger partial charge on any atom is 0.416 e. The highest BCUT2D eigenvalue weighted by Crippen LogP contribution is 2.40. The number of benzene rings is 2. The lowest BCUT2D eigenvalue weighted by Crippen LogP contribution is -2.53. The quantitative estimate of drug-likeness (QED) is 0.488. The monoisotopic (exact) mass is 376 g/mol. The molecule has 1 aliphatic rings. The third-order valence-electron chi connectivity index (χ3n) is 4.84. The van der Waals surface area contributed by atoms with Crippen molar-refractivity contribution in [3.63, 3.8) is 0 Å². The van der Waals surface area contributed by atoms with Gasteiger partial charge in [0.25, 0.3) is 0 Å². The van der Waals surface area contributed by atoms with Crippen molar-refractivity contribution in [1.29, 1.82) is 0 Å². The average Bonchev–Trinajstić information content (AvgIpc) is 2.91. The van der Waals surface area contributed by atoms with Crippen LogP contribution >= 0.6 is 0 Å². The summed E-state index contributed by atoms with van der Waals surface area (Å²) in [4.78, 5) is 11.5. The van der Waals surface area contributed by atoms with Crippen LogP contribution < -0.4 is 9.96 Å². The topological polar surface area (TPSA) is 52.2 Å². The van der Waals surface area contributed by atoms with E-state index in [0.717, 1.165) is 23.8 Å². The lowest BCUT2D eigenvalue weighted by atomic mass is 10.1. The largest absolute Gasteiger partial charge is 0.627 e. The van der Waals surface area contributed by atoms with Crippen LogP contribution in [0.15, 0.2) is 61.2 Å². The number of halogens is 3. The molecule has 142 valence electrons. The Labute approximate surface area is 155 Å². The number of hydrogen-bond donors (Lipinski definition) is 1. The number of nitrogens with one attached hydrogen (secondary N) is 1. The van der Waals surface area contributed by atoms with Gasteiger partial charge in [0.05, 0.1) is 12.1 Å². The lowest BCUT2D eigenvalue weighted by molar-refractivity contribution is -0.137. The Morgan fingerprint density at radius 1 is 1.22 bits per heavy atom. The zero-order chi connectivity index (χ0) is 19.7. The Hall–Kier alpha value is -2.64. The van der Waals surface area contributed by atoms with E-state index in [1.54, 1.807) is 12.1 Å². The Morgan fingerprint density at radius 3 is 2.52 bits per heavy atom. The van der Waals surface area contributed by atoms with Gasteiger partial charge in [-0.2, -0.15) is 13.2 Å². The molecule has 1 heterocycles. The van der Waals surface area contributed by atoms with Gasteiger partial charge in [0.1, 0.15) is 18.3 Å². The average molecular weight is 376 g/mol. The molecule has 4 nitrogen and oxygen atoms in total. The summed E-state index contributed by atoms with van der Waals surface area (Å²) in [5, 5.41) is 16.4. The smallest absolute Gasteiger partial charge is 0.416 e. The second kappa shape index (κ2) is 7.17. The highest BCUT2D eigenvalue weighted by Gasteiger charge is 2.40. The van der Waals surface area contributed by atoms with E-state index in [2.05, 4.69) is 11.9 Å². The van der Waals surface area contributed by atoms with Crippen molar-refractivity contribution in [2.24, 2.45) is 0 Å². The highest BCUT2D eigenvalue weighted by molar-refractivity contribution is 5.86. The van der Waals surface area contributed by atoms with E-state index in [-0.39, 0.29) is 19.0 Å². The second-order valence-electron chi connectivity index (χ2n) is 6.58. The van der Waals surface area contributed by atoms with Gasteiger partial charge >= 0.3 is 6.18 Å². The minimum atomic E-state index is -4.42. The van der Waals surface area contributed by atoms with Gasteiger partial charge in [-0.1, -0.05) is 36.9 Å². The molecule has 0 saturated carbocycles. The standard InChI is InChI=1S/C20H19F3N2O2/c1-2-19(26)24-12-17-11-15-5-3-4-6-18(15)25(17,27)13-14-7-9-16(10-8-14)20(21,22)23/h2-10,17H,1,11-13H2,(H,24,26). The van der Waals surface area contributed by atoms with Crippen molar-refractivity contribution in [2.75, 3.05) is 6.54 Å². The van der Waals surface area contributed by atoms with Crippen LogP contribution in [0, 0.1) is 5.21 Å². The summed E-state index contributed by atoms with van der Waals surface area (Å²) in [6.45, 7) is 3.54. The summed E-state index contributed by atoms with van der Waals surface area (Å²) < 4.78 is 37.5. The van der Waals surface area contributed by atoms with Crippen LogP contribution in [-0.4, -0.2) is 18.5 Å². The van der Waals surface area contributed by atoms with Crippen LogP contribution in [0.2, 0.25) is 0 Å². The van der Waals surface area contributed by atoms with Crippen LogP contribution in [0.25, 0.3) is 0 Å². The predicted octanol–water partition coefficient (Wildman–Crippen LogP) is 3.94. The maximum absolute atomic E-state index is 13.7. The number of nitrogens with zero attached hydrogens (tertiary/aromatic N) is 1. The first-order valence-electron chi connectivity index (χ1n) is 8.47. The Bertz CT molecular complexity index is 849. The second-order valence-corrected chi connectivity index (χ2v) is 6.58. The molecule has 1 N–H and O–H groups in total. The van der Waals surface area contributed by atoms with Crippen molar-refractivity contribution in [2.45, 2.75) is 25.2 Å². The van der Waals surface area contributed by atoms with Crippen LogP contribution in [0.3, 0.4) is 0 Å². The number of quaternary nitrogens is 1. The van der Waals surface area contributed by atoms with Gasteiger partial charge in [-0.3, -0.25) is 4.79 Å². The van der Waals surface area contributed by atoms with E-state index in [4.69, 9.17) is 0 Å². The molecule has 2 unspecified atom stereocenters. The van der Waals surface area contributed by atoms with Crippen LogP contribution in [0.4, 0.5) is 18.9 Å². The van der Waals surface area contributed by atoms with E-state index in [1.165, 1.54) is 12.1 Å². The third kappa shape index (κ3) is 3.89. The molecule has 0 aromatic heterocycles. The summed E-state index contributed by atoms with van der Waals surface area (Å²) in [6.07, 6.45) is -2.80. The molecule has 2 aromatic carbocycles. The van der Waals surface area contributed by atoms with Crippen molar-refractivity contribution >= 4 is 11.6 Å². The molecule has 7 heteroatoms. The van der Waals surface area contributed by atoms with Crippen LogP contribution in [0.1, 0.15) is 16.7 Å². The number of alkyl halides is 3. The summed E-state index contributed by atoms with van der Waals surface area (Å²) >= 11 is 0. The van der Waals surface area contributed by atoms with Crippen molar-refractivity contribution < 1.29 is 18.0 Å². The first-order valence-corrected chi connectivity index (χ1v) is 8.47. The molecular weight excluding hydrogens is 357 g/mol. The van der Waals surface area contributed by atoms with Crippen LogP contribution in [0.5, 0.6) is 0 Å². The predicted molar refractivity (Wildman–Crippen MR) is 97.4 cm³/mol. The molecule has 0 bridgehead atoms. The molecule has 1 amide bonds. The van der Waals surface area contributed by atoms with Gasteiger partial charge < -0.3 is 15.2 Å². The van der Waals surface area contributed by atoms with Crippen molar-refractivity contribution in [3.05, 3.63) is 83.1 Å². The molecule has 0 saturated heterocycles. The van der Waals surface area contributed by atoms with E-state index in [0.29, 0.717) is 17.7 Å². The summed E-state index contributed by atoms with van der Waals surface area (Å²) in [6, 6.07) is 11.4. The Kier molecular flexibility index (Phi) is 5.08. The molecule has 0 spiro atoms. The maximum atomic E-state index is 13.7. The van der Waals surface area contributed by atoms with E-state index >= 15 is 0 Å². The first-order chi connectivity index (χ1) is 12.7. The molecule has 0 fully saturated rings. The molecule has 2 atom stereocenters. The first kappa shape index (κ1) is 19.1. The Balaban J connectivity index is 1.88. The number of fused-ring (bicyclic) bond motifs is 1. The van der Waals surface area contributed by atoms with Gasteiger partial charge in [0.2, 0.25) is 5.91 Å². The number of hydroxylamine groups is 2. The fraction of sp³-hybridized carbons (Fsp3) is 0.250. The molecule has 0 aliphatic carbocycles. The van der Waals surface area contributed by atoms with Gasteiger partial charge in [0, 0.05) is 17.5 Å². The van der Waals surface area contributed by atoms with E-state index in [1.807, 2.05) is 12.1 Å². The fourth-order valence-electron chi connectivity index (χ4n) is 3.45. The molecule has 0 radical (unpaired) electrons. The van der Waals surface area contributed by atoms with Gasteiger partial charge in [-0.05, 0) is 24.3 Å². The van der Waals surface area contributed by atoms with E-state index in [9.17, 15) is 23.2 Å². The summed E-state index contributed by atoms with van der Waals surface area (Å²) in [5.74, 6) is -0.368. The zero-order valence-corrected chi connectivity index (χ0v) is 14.5. The number of carbonyl (C=O) groups is 1. The Morgan fingerprint density at radius 2 is 1.89 bits per heavy atom. The van der Waals surface area contributed by atoms with Crippen molar-refractivity contribution in [1.82, 2.24) is 9.96 Å². The summed E-state index contributed by atoms with van der Waals surface area (Å²) in [5.41, 5.74) is 1.22. The molecule has 3 rings (SSSR count). The number of rotatable bonds is 5. The molecular formula is C20H19F3N2O2. The normalized spacial score (nSPS) is 21.6. The minimum absolute atomic E-state index is 0.0101. The van der Waals surface area contributed by atoms with Gasteiger partial charge in [-0.15, -0.1) is 0 Å². The van der Waals surface area contributed by atoms with Crippen molar-refractivity contribution in [3.8, 4) is 0 Å². The third-order valence-corrected chi connectivity index (χ3v) is 4.84. The number of para-hydroxylation sites is 1. The molecule has 1 aliphatic heterocycles. The molecule has 27 heavy (non-hydrogen) atoms. The number of hydrogen-bond acceptors (Lipinski definition) is 2. The zero-order valence-electron chi connectivity index (χ0n) is 14.5. The SMILES string of the molecule is C=CC(=O)NCC1Cc2ccccc2[N+]1([O-])Cc1ccc(C(F)(F)F)cc1. The summed E-state index contributed by atoms with van der Waals surface area (Å²) in [7, 11) is 0. The lowest BCUT2D eigenvalue weighted by Gasteiger charge is -2.44. The number of carbonyl (C=O) groups excluding carboxylic acids is 1. The van der Waals surface area contributed by atoms with E-state index < -0.39 is 22.4 Å². The molecule has 2 aromatic rings. The van der Waals surface area contributed by atoms with Crippen LogP contribution in [-0.2, 0) is 23.9 Å². The highest BCUT2D eigenvalue weighted by atomic mass is 19.4. The minimum Gasteiger partial charge on any atom is -0.627 e. The van der Waals surface area contributed by atoms with Gasteiger partial charge in [0.15, 0.2) is 0 Å². The number of amides is 1. The fourth-order valence-corrected chi connectivity index (χ4v) is 3.45.